The number of carbonyl (C=O) groups is 1. The molecule has 0 aromatic heterocycles. The summed E-state index contributed by atoms with van der Waals surface area (Å²) in [6.45, 7) is 7.56. The van der Waals surface area contributed by atoms with Crippen LogP contribution in [0, 0.1) is 0 Å². The predicted molar refractivity (Wildman–Crippen MR) is 54.8 cm³/mol. The molecule has 2 heterocycles. The highest BCUT2D eigenvalue weighted by Gasteiger charge is 2.58. The first-order chi connectivity index (χ1) is 7.43. The van der Waals surface area contributed by atoms with Crippen LogP contribution in [-0.2, 0) is 19.0 Å². The van der Waals surface area contributed by atoms with Crippen molar-refractivity contribution in [1.29, 1.82) is 0 Å². The molecule has 2 aliphatic rings. The molecule has 0 amide bonds. The maximum absolute atomic E-state index is 10.8. The number of hydrogen-bond acceptors (Lipinski definition) is 5. The largest absolute Gasteiger partial charge is 0.380 e. The van der Waals surface area contributed by atoms with Crippen LogP contribution < -0.4 is 0 Å². The van der Waals surface area contributed by atoms with Crippen molar-refractivity contribution in [3.05, 3.63) is 12.7 Å². The van der Waals surface area contributed by atoms with Crippen LogP contribution in [0.5, 0.6) is 0 Å². The van der Waals surface area contributed by atoms with Crippen LogP contribution in [0.15, 0.2) is 12.7 Å². The van der Waals surface area contributed by atoms with Crippen molar-refractivity contribution in [2.75, 3.05) is 6.61 Å². The summed E-state index contributed by atoms with van der Waals surface area (Å²) in [6, 6.07) is 0. The fourth-order valence-corrected chi connectivity index (χ4v) is 2.02. The number of rotatable bonds is 2. The molecule has 0 saturated carbocycles. The summed E-state index contributed by atoms with van der Waals surface area (Å²) in [7, 11) is 0. The van der Waals surface area contributed by atoms with Gasteiger partial charge in [0.05, 0.1) is 12.2 Å². The van der Waals surface area contributed by atoms with Gasteiger partial charge in [-0.15, -0.1) is 6.58 Å². The van der Waals surface area contributed by atoms with Gasteiger partial charge < -0.3 is 24.1 Å². The van der Waals surface area contributed by atoms with E-state index in [0.717, 1.165) is 0 Å². The van der Waals surface area contributed by atoms with Crippen LogP contribution in [0.25, 0.3) is 0 Å². The van der Waals surface area contributed by atoms with Gasteiger partial charge in [0.1, 0.15) is 11.7 Å². The maximum atomic E-state index is 10.8. The van der Waals surface area contributed by atoms with Crippen molar-refractivity contribution in [2.45, 2.75) is 43.5 Å². The van der Waals surface area contributed by atoms with E-state index in [9.17, 15) is 9.90 Å². The fourth-order valence-electron chi connectivity index (χ4n) is 2.02. The molecule has 1 N–H and O–H groups in total. The Morgan fingerprint density at radius 1 is 1.50 bits per heavy atom. The van der Waals surface area contributed by atoms with Crippen molar-refractivity contribution >= 4 is 6.29 Å². The number of carbonyl (C=O) groups excluding carboxylic acids is 1. The minimum Gasteiger partial charge on any atom is -0.380 e. The average Bonchev–Trinajstić information content (AvgIpc) is 2.50. The Balaban J connectivity index is 2.25. The summed E-state index contributed by atoms with van der Waals surface area (Å²) in [6.07, 6.45) is -0.609. The van der Waals surface area contributed by atoms with Crippen molar-refractivity contribution < 1.29 is 24.1 Å². The van der Waals surface area contributed by atoms with E-state index in [1.165, 1.54) is 6.08 Å². The van der Waals surface area contributed by atoms with Crippen LogP contribution in [-0.4, -0.2) is 47.7 Å². The Labute approximate surface area is 94.0 Å². The molecule has 0 aromatic rings. The van der Waals surface area contributed by atoms with Gasteiger partial charge >= 0.3 is 0 Å². The Morgan fingerprint density at radius 3 is 2.75 bits per heavy atom. The fraction of sp³-hybridized carbons (Fsp3) is 0.727. The van der Waals surface area contributed by atoms with E-state index in [1.807, 2.05) is 13.8 Å². The van der Waals surface area contributed by atoms with Crippen molar-refractivity contribution in [2.24, 2.45) is 0 Å². The molecule has 0 aliphatic carbocycles. The molecule has 4 atom stereocenters. The van der Waals surface area contributed by atoms with E-state index in [0.29, 0.717) is 12.9 Å². The third kappa shape index (κ3) is 1.60. The van der Waals surface area contributed by atoms with Crippen molar-refractivity contribution in [3.8, 4) is 0 Å². The summed E-state index contributed by atoms with van der Waals surface area (Å²) in [4.78, 5) is 10.8. The van der Waals surface area contributed by atoms with E-state index in [-0.39, 0.29) is 0 Å². The summed E-state index contributed by atoms with van der Waals surface area (Å²) >= 11 is 0. The molecule has 5 nitrogen and oxygen atoms in total. The second-order valence-corrected chi connectivity index (χ2v) is 4.76. The first-order valence-corrected chi connectivity index (χ1v) is 5.19. The third-order valence-corrected chi connectivity index (χ3v) is 2.94. The highest BCUT2D eigenvalue weighted by molar-refractivity contribution is 5.61. The van der Waals surface area contributed by atoms with Gasteiger partial charge in [0.2, 0.25) is 0 Å². The topological polar surface area (TPSA) is 65.0 Å². The van der Waals surface area contributed by atoms with Gasteiger partial charge in [-0.25, -0.2) is 0 Å². The molecule has 0 spiro atoms. The van der Waals surface area contributed by atoms with E-state index in [2.05, 4.69) is 6.58 Å². The molecule has 0 bridgehead atoms. The van der Waals surface area contributed by atoms with E-state index in [4.69, 9.17) is 14.2 Å². The zero-order chi connectivity index (χ0) is 12.0. The molecule has 0 aromatic carbocycles. The molecular formula is C11H16O5. The Kier molecular flexibility index (Phi) is 2.66. The summed E-state index contributed by atoms with van der Waals surface area (Å²) in [5.74, 6) is 0. The molecule has 5 heteroatoms. The summed E-state index contributed by atoms with van der Waals surface area (Å²) in [5, 5.41) is 10.2. The van der Waals surface area contributed by atoms with Gasteiger partial charge in [0.25, 0.3) is 0 Å². The Hall–Kier alpha value is -0.750. The van der Waals surface area contributed by atoms with Gasteiger partial charge in [0, 0.05) is 0 Å². The summed E-state index contributed by atoms with van der Waals surface area (Å²) < 4.78 is 16.5. The zero-order valence-electron chi connectivity index (χ0n) is 9.38. The predicted octanol–water partition coefficient (Wildman–Crippen LogP) is 0.0213. The summed E-state index contributed by atoms with van der Waals surface area (Å²) in [5.41, 5.74) is -2.00. The van der Waals surface area contributed by atoms with E-state index < -0.39 is 29.7 Å². The van der Waals surface area contributed by atoms with Gasteiger partial charge in [-0.1, -0.05) is 6.08 Å². The molecule has 0 unspecified atom stereocenters. The van der Waals surface area contributed by atoms with Crippen LogP contribution in [0.1, 0.15) is 13.8 Å². The van der Waals surface area contributed by atoms with Gasteiger partial charge in [-0.05, 0) is 13.8 Å². The number of aldehydes is 1. The molecule has 2 rings (SSSR count). The lowest BCUT2D eigenvalue weighted by atomic mass is 9.92. The van der Waals surface area contributed by atoms with Crippen LogP contribution in [0.4, 0.5) is 0 Å². The zero-order valence-corrected chi connectivity index (χ0v) is 9.38. The Morgan fingerprint density at radius 2 is 2.19 bits per heavy atom. The molecule has 90 valence electrons. The molecule has 0 radical (unpaired) electrons. The van der Waals surface area contributed by atoms with E-state index >= 15 is 0 Å². The second kappa shape index (κ2) is 3.63. The molecule has 2 saturated heterocycles. The van der Waals surface area contributed by atoms with Crippen LogP contribution >= 0.6 is 0 Å². The van der Waals surface area contributed by atoms with Crippen molar-refractivity contribution in [1.82, 2.24) is 0 Å². The molecule has 16 heavy (non-hydrogen) atoms. The van der Waals surface area contributed by atoms with Gasteiger partial charge in [-0.3, -0.25) is 0 Å². The standard InChI is InChI=1S/C11H16O5/c1-4-11(13)7(5-12)15-9-8(11)14-6-10(2,3)16-9/h4-5,7-9,13H,1,6H2,2-3H3/t7-,8+,9-,11-/m1/s1. The maximum Gasteiger partial charge on any atom is 0.188 e. The SMILES string of the molecule is C=C[C@@]1(O)[C@@H](C=O)O[C@@H]2OC(C)(C)CO[C@@H]21. The number of fused-ring (bicyclic) bond motifs is 1. The van der Waals surface area contributed by atoms with Crippen LogP contribution in [0.3, 0.4) is 0 Å². The number of ether oxygens (including phenoxy) is 3. The smallest absolute Gasteiger partial charge is 0.188 e. The lowest BCUT2D eigenvalue weighted by Gasteiger charge is -2.39. The minimum absolute atomic E-state index is 0.333. The minimum atomic E-state index is -1.51. The molecule has 2 aliphatic heterocycles. The quantitative estimate of drug-likeness (QED) is 0.533. The van der Waals surface area contributed by atoms with Gasteiger partial charge in [-0.2, -0.15) is 0 Å². The number of aliphatic hydroxyl groups is 1. The third-order valence-electron chi connectivity index (χ3n) is 2.94. The second-order valence-electron chi connectivity index (χ2n) is 4.76. The lowest BCUT2D eigenvalue weighted by molar-refractivity contribution is -0.282. The first-order valence-electron chi connectivity index (χ1n) is 5.19. The van der Waals surface area contributed by atoms with E-state index in [1.54, 1.807) is 0 Å². The monoisotopic (exact) mass is 228 g/mol. The van der Waals surface area contributed by atoms with Gasteiger partial charge in [0.15, 0.2) is 18.7 Å². The van der Waals surface area contributed by atoms with Crippen LogP contribution in [0.2, 0.25) is 0 Å². The highest BCUT2D eigenvalue weighted by atomic mass is 16.7. The highest BCUT2D eigenvalue weighted by Crippen LogP contribution is 2.39. The number of hydrogen-bond donors (Lipinski definition) is 1. The first kappa shape index (κ1) is 11.7. The van der Waals surface area contributed by atoms with Crippen molar-refractivity contribution in [3.63, 3.8) is 0 Å². The Bertz CT molecular complexity index is 313. The lowest BCUT2D eigenvalue weighted by Crippen LogP contribution is -2.55. The molecular weight excluding hydrogens is 212 g/mol. The molecule has 2 fully saturated rings. The normalized spacial score (nSPS) is 46.1. The average molecular weight is 228 g/mol.